The Morgan fingerprint density at radius 1 is 1.24 bits per heavy atom. The number of nitrogens with one attached hydrogen (secondary N) is 1. The first-order valence-electron chi connectivity index (χ1n) is 5.93. The molecule has 5 heteroatoms. The van der Waals surface area contributed by atoms with Gasteiger partial charge in [-0.3, -0.25) is 0 Å². The lowest BCUT2D eigenvalue weighted by Gasteiger charge is -2.11. The molecule has 0 aliphatic carbocycles. The summed E-state index contributed by atoms with van der Waals surface area (Å²) in [5.74, 6) is 1.15. The first-order valence-corrected chi connectivity index (χ1v) is 5.93. The minimum Gasteiger partial charge on any atom is -0.475 e. The lowest BCUT2D eigenvalue weighted by Crippen LogP contribution is -2.15. The van der Waals surface area contributed by atoms with Gasteiger partial charge in [-0.15, -0.1) is 0 Å². The van der Waals surface area contributed by atoms with E-state index >= 15 is 0 Å². The predicted molar refractivity (Wildman–Crippen MR) is 67.4 cm³/mol. The van der Waals surface area contributed by atoms with Gasteiger partial charge in [-0.25, -0.2) is 4.98 Å². The number of ether oxygens (including phenoxy) is 2. The molecule has 17 heavy (non-hydrogen) atoms. The smallest absolute Gasteiger partial charge is 0.226 e. The van der Waals surface area contributed by atoms with Crippen LogP contribution in [0.4, 0.5) is 5.95 Å². The van der Waals surface area contributed by atoms with Gasteiger partial charge in [0, 0.05) is 18.8 Å². The summed E-state index contributed by atoms with van der Waals surface area (Å²) >= 11 is 0. The molecule has 5 nitrogen and oxygen atoms in total. The Hall–Kier alpha value is -1.36. The number of rotatable bonds is 7. The summed E-state index contributed by atoms with van der Waals surface area (Å²) in [5.41, 5.74) is 0. The Balaban J connectivity index is 2.37. The summed E-state index contributed by atoms with van der Waals surface area (Å²) in [6.07, 6.45) is 2.03. The molecule has 1 heterocycles. The number of anilines is 1. The van der Waals surface area contributed by atoms with Crippen LogP contribution >= 0.6 is 0 Å². The van der Waals surface area contributed by atoms with Crippen LogP contribution in [0, 0.1) is 0 Å². The summed E-state index contributed by atoms with van der Waals surface area (Å²) < 4.78 is 10.9. The first kappa shape index (κ1) is 13.7. The molecule has 0 amide bonds. The van der Waals surface area contributed by atoms with Crippen molar-refractivity contribution in [1.29, 1.82) is 0 Å². The van der Waals surface area contributed by atoms with Gasteiger partial charge in [0.2, 0.25) is 11.8 Å². The SMILES string of the molecule is CC(C)OCCNc1nccc(OC(C)C)n1. The maximum absolute atomic E-state index is 5.48. The average molecular weight is 239 g/mol. The number of nitrogens with zero attached hydrogens (tertiary/aromatic N) is 2. The van der Waals surface area contributed by atoms with Crippen LogP contribution in [-0.2, 0) is 4.74 Å². The Kier molecular flexibility index (Phi) is 5.69. The van der Waals surface area contributed by atoms with E-state index in [2.05, 4.69) is 15.3 Å². The second-order valence-corrected chi connectivity index (χ2v) is 4.23. The zero-order valence-electron chi connectivity index (χ0n) is 10.9. The highest BCUT2D eigenvalue weighted by molar-refractivity contribution is 5.27. The summed E-state index contributed by atoms with van der Waals surface area (Å²) in [6, 6.07) is 1.75. The minimum absolute atomic E-state index is 0.113. The highest BCUT2D eigenvalue weighted by atomic mass is 16.5. The van der Waals surface area contributed by atoms with Crippen molar-refractivity contribution < 1.29 is 9.47 Å². The van der Waals surface area contributed by atoms with Crippen LogP contribution in [0.2, 0.25) is 0 Å². The summed E-state index contributed by atoms with van der Waals surface area (Å²) in [7, 11) is 0. The van der Waals surface area contributed by atoms with Gasteiger partial charge in [-0.2, -0.15) is 4.98 Å². The topological polar surface area (TPSA) is 56.3 Å². The van der Waals surface area contributed by atoms with Gasteiger partial charge in [0.25, 0.3) is 0 Å². The largest absolute Gasteiger partial charge is 0.475 e. The van der Waals surface area contributed by atoms with E-state index in [1.165, 1.54) is 0 Å². The fraction of sp³-hybridized carbons (Fsp3) is 0.667. The molecule has 0 aliphatic rings. The molecule has 0 atom stereocenters. The molecule has 0 saturated carbocycles. The van der Waals surface area contributed by atoms with E-state index in [9.17, 15) is 0 Å². The minimum atomic E-state index is 0.113. The van der Waals surface area contributed by atoms with Crippen molar-refractivity contribution >= 4 is 5.95 Å². The maximum atomic E-state index is 5.48. The summed E-state index contributed by atoms with van der Waals surface area (Å²) in [4.78, 5) is 8.34. The second-order valence-electron chi connectivity index (χ2n) is 4.23. The lowest BCUT2D eigenvalue weighted by molar-refractivity contribution is 0.0869. The molecule has 1 N–H and O–H groups in total. The van der Waals surface area contributed by atoms with Crippen LogP contribution in [0.25, 0.3) is 0 Å². The number of aromatic nitrogens is 2. The number of hydrogen-bond acceptors (Lipinski definition) is 5. The molecule has 0 radical (unpaired) electrons. The predicted octanol–water partition coefficient (Wildman–Crippen LogP) is 2.10. The number of hydrogen-bond donors (Lipinski definition) is 1. The molecule has 1 aromatic rings. The molecule has 0 spiro atoms. The average Bonchev–Trinajstić information content (AvgIpc) is 2.24. The monoisotopic (exact) mass is 239 g/mol. The molecule has 0 aliphatic heterocycles. The molecule has 0 aromatic carbocycles. The van der Waals surface area contributed by atoms with Crippen molar-refractivity contribution in [1.82, 2.24) is 9.97 Å². The third kappa shape index (κ3) is 6.06. The Labute approximate surface area is 103 Å². The fourth-order valence-corrected chi connectivity index (χ4v) is 1.19. The van der Waals surface area contributed by atoms with Gasteiger partial charge >= 0.3 is 0 Å². The molecule has 0 unspecified atom stereocenters. The molecular formula is C12H21N3O2. The molecule has 0 bridgehead atoms. The van der Waals surface area contributed by atoms with E-state index < -0.39 is 0 Å². The molecule has 96 valence electrons. The van der Waals surface area contributed by atoms with E-state index in [1.54, 1.807) is 12.3 Å². The van der Waals surface area contributed by atoms with Crippen molar-refractivity contribution in [2.24, 2.45) is 0 Å². The molecular weight excluding hydrogens is 218 g/mol. The van der Waals surface area contributed by atoms with Crippen LogP contribution in [0.15, 0.2) is 12.3 Å². The highest BCUT2D eigenvalue weighted by Gasteiger charge is 2.01. The Bertz CT molecular complexity index is 329. The van der Waals surface area contributed by atoms with E-state index in [-0.39, 0.29) is 12.2 Å². The highest BCUT2D eigenvalue weighted by Crippen LogP contribution is 2.09. The van der Waals surface area contributed by atoms with Crippen LogP contribution in [0.5, 0.6) is 5.88 Å². The molecule has 1 rings (SSSR count). The standard InChI is InChI=1S/C12H21N3O2/c1-9(2)16-8-7-14-12-13-6-5-11(15-12)17-10(3)4/h5-6,9-10H,7-8H2,1-4H3,(H,13,14,15). The van der Waals surface area contributed by atoms with Crippen molar-refractivity contribution in [3.8, 4) is 5.88 Å². The van der Waals surface area contributed by atoms with Gasteiger partial charge in [0.05, 0.1) is 18.8 Å². The zero-order valence-corrected chi connectivity index (χ0v) is 10.9. The van der Waals surface area contributed by atoms with Gasteiger partial charge < -0.3 is 14.8 Å². The lowest BCUT2D eigenvalue weighted by atomic mass is 10.5. The van der Waals surface area contributed by atoms with Crippen molar-refractivity contribution in [3.63, 3.8) is 0 Å². The Morgan fingerprint density at radius 2 is 2.00 bits per heavy atom. The van der Waals surface area contributed by atoms with Crippen LogP contribution < -0.4 is 10.1 Å². The van der Waals surface area contributed by atoms with Crippen LogP contribution in [-0.4, -0.2) is 35.3 Å². The van der Waals surface area contributed by atoms with E-state index in [1.807, 2.05) is 27.7 Å². The Morgan fingerprint density at radius 3 is 2.65 bits per heavy atom. The van der Waals surface area contributed by atoms with Crippen LogP contribution in [0.1, 0.15) is 27.7 Å². The quantitative estimate of drug-likeness (QED) is 0.738. The fourth-order valence-electron chi connectivity index (χ4n) is 1.19. The molecule has 0 saturated heterocycles. The van der Waals surface area contributed by atoms with Crippen molar-refractivity contribution in [3.05, 3.63) is 12.3 Å². The third-order valence-electron chi connectivity index (χ3n) is 1.82. The van der Waals surface area contributed by atoms with E-state index in [0.717, 1.165) is 0 Å². The van der Waals surface area contributed by atoms with Gasteiger partial charge in [-0.05, 0) is 27.7 Å². The second kappa shape index (κ2) is 7.06. The molecule has 0 fully saturated rings. The normalized spacial score (nSPS) is 10.9. The first-order chi connectivity index (χ1) is 8.08. The summed E-state index contributed by atoms with van der Waals surface area (Å²) in [6.45, 7) is 9.26. The van der Waals surface area contributed by atoms with E-state index in [4.69, 9.17) is 9.47 Å². The maximum Gasteiger partial charge on any atom is 0.226 e. The van der Waals surface area contributed by atoms with E-state index in [0.29, 0.717) is 25.0 Å². The summed E-state index contributed by atoms with van der Waals surface area (Å²) in [5, 5.41) is 3.09. The van der Waals surface area contributed by atoms with Gasteiger partial charge in [0.15, 0.2) is 0 Å². The van der Waals surface area contributed by atoms with Crippen molar-refractivity contribution in [2.45, 2.75) is 39.9 Å². The third-order valence-corrected chi connectivity index (χ3v) is 1.82. The zero-order chi connectivity index (χ0) is 12.7. The molecule has 1 aromatic heterocycles. The van der Waals surface area contributed by atoms with Crippen LogP contribution in [0.3, 0.4) is 0 Å². The van der Waals surface area contributed by atoms with Crippen molar-refractivity contribution in [2.75, 3.05) is 18.5 Å². The van der Waals surface area contributed by atoms with Gasteiger partial charge in [-0.1, -0.05) is 0 Å². The van der Waals surface area contributed by atoms with Gasteiger partial charge in [0.1, 0.15) is 0 Å².